The van der Waals surface area contributed by atoms with Crippen molar-refractivity contribution in [1.82, 2.24) is 9.97 Å². The minimum Gasteiger partial charge on any atom is -0.496 e. The average Bonchev–Trinajstić information content (AvgIpc) is 2.38. The highest BCUT2D eigenvalue weighted by Gasteiger charge is 2.10. The Balaban J connectivity index is 2.51. The zero-order valence-electron chi connectivity index (χ0n) is 10.1. The molecule has 0 radical (unpaired) electrons. The second-order valence-electron chi connectivity index (χ2n) is 3.78. The van der Waals surface area contributed by atoms with E-state index in [9.17, 15) is 0 Å². The summed E-state index contributed by atoms with van der Waals surface area (Å²) in [6.07, 6.45) is 1.82. The molecule has 1 aromatic carbocycles. The molecule has 0 saturated carbocycles. The van der Waals surface area contributed by atoms with Crippen molar-refractivity contribution in [2.24, 2.45) is 0 Å². The van der Waals surface area contributed by atoms with Crippen molar-refractivity contribution in [2.75, 3.05) is 7.11 Å². The molecular weight excluding hydrogens is 316 g/mol. The van der Waals surface area contributed by atoms with Crippen LogP contribution in [0.2, 0.25) is 5.02 Å². The van der Waals surface area contributed by atoms with Crippen molar-refractivity contribution in [1.29, 1.82) is 0 Å². The topological polar surface area (TPSA) is 35.0 Å². The van der Waals surface area contributed by atoms with E-state index in [-0.39, 0.29) is 0 Å². The summed E-state index contributed by atoms with van der Waals surface area (Å²) in [6, 6.07) is 5.42. The third-order valence-corrected chi connectivity index (χ3v) is 3.47. The van der Waals surface area contributed by atoms with Gasteiger partial charge in [0.25, 0.3) is 0 Å². The predicted octanol–water partition coefficient (Wildman–Crippen LogP) is 4.01. The first kappa shape index (κ1) is 13.3. The van der Waals surface area contributed by atoms with E-state index >= 15 is 0 Å². The minimum atomic E-state index is 0.629. The summed E-state index contributed by atoms with van der Waals surface area (Å²) in [5, 5.41) is 1.38. The van der Waals surface area contributed by atoms with Gasteiger partial charge in [0, 0.05) is 27.8 Å². The Morgan fingerprint density at radius 2 is 2.17 bits per heavy atom. The minimum absolute atomic E-state index is 0.629. The number of methoxy groups -OCH3 is 1. The van der Waals surface area contributed by atoms with E-state index in [1.165, 1.54) is 0 Å². The van der Waals surface area contributed by atoms with Gasteiger partial charge in [-0.3, -0.25) is 0 Å². The van der Waals surface area contributed by atoms with E-state index in [1.54, 1.807) is 19.2 Å². The summed E-state index contributed by atoms with van der Waals surface area (Å²) in [5.41, 5.74) is 2.87. The Bertz CT molecular complexity index is 575. The number of halogens is 2. The van der Waals surface area contributed by atoms with E-state index in [1.807, 2.05) is 19.2 Å². The van der Waals surface area contributed by atoms with Gasteiger partial charge < -0.3 is 4.74 Å². The molecule has 0 unspecified atom stereocenters. The first-order valence-corrected chi connectivity index (χ1v) is 6.88. The summed E-state index contributed by atoms with van der Waals surface area (Å²) in [6.45, 7) is 1.96. The maximum absolute atomic E-state index is 5.93. The summed E-state index contributed by atoms with van der Waals surface area (Å²) >= 11 is 9.34. The highest BCUT2D eigenvalue weighted by atomic mass is 79.9. The van der Waals surface area contributed by atoms with Gasteiger partial charge in [0.15, 0.2) is 5.82 Å². The number of aryl methyl sites for hydroxylation is 1. The predicted molar refractivity (Wildman–Crippen MR) is 76.4 cm³/mol. The monoisotopic (exact) mass is 326 g/mol. The van der Waals surface area contributed by atoms with Crippen LogP contribution in [0.15, 0.2) is 24.4 Å². The second-order valence-corrected chi connectivity index (χ2v) is 4.78. The zero-order valence-corrected chi connectivity index (χ0v) is 12.4. The third-order valence-electron chi connectivity index (χ3n) is 2.63. The van der Waals surface area contributed by atoms with Crippen LogP contribution in [0.5, 0.6) is 5.75 Å². The fraction of sp³-hybridized carbons (Fsp3) is 0.231. The molecule has 1 aromatic heterocycles. The van der Waals surface area contributed by atoms with Crippen LogP contribution in [0.3, 0.4) is 0 Å². The molecule has 0 N–H and O–H groups in total. The average molecular weight is 328 g/mol. The van der Waals surface area contributed by atoms with Gasteiger partial charge in [0.1, 0.15) is 5.75 Å². The van der Waals surface area contributed by atoms with Crippen LogP contribution in [0.1, 0.15) is 11.3 Å². The quantitative estimate of drug-likeness (QED) is 0.799. The maximum atomic E-state index is 5.93. The molecule has 0 aliphatic carbocycles. The Morgan fingerprint density at radius 3 is 2.78 bits per heavy atom. The van der Waals surface area contributed by atoms with E-state index in [0.29, 0.717) is 16.6 Å². The second kappa shape index (κ2) is 5.67. The molecule has 0 amide bonds. The lowest BCUT2D eigenvalue weighted by atomic mass is 10.1. The van der Waals surface area contributed by atoms with Crippen LogP contribution in [0.25, 0.3) is 11.4 Å². The molecule has 94 valence electrons. The molecule has 0 spiro atoms. The summed E-state index contributed by atoms with van der Waals surface area (Å²) in [7, 11) is 1.61. The zero-order chi connectivity index (χ0) is 13.1. The van der Waals surface area contributed by atoms with Gasteiger partial charge in [-0.2, -0.15) is 0 Å². The molecule has 0 fully saturated rings. The van der Waals surface area contributed by atoms with Crippen molar-refractivity contribution in [2.45, 2.75) is 12.3 Å². The normalized spacial score (nSPS) is 10.4. The number of hydrogen-bond donors (Lipinski definition) is 0. The fourth-order valence-electron chi connectivity index (χ4n) is 1.60. The lowest BCUT2D eigenvalue weighted by Gasteiger charge is -2.09. The van der Waals surface area contributed by atoms with Crippen molar-refractivity contribution in [3.05, 3.63) is 40.7 Å². The van der Waals surface area contributed by atoms with Crippen molar-refractivity contribution >= 4 is 27.5 Å². The SMILES string of the molecule is COc1cc(Cl)ccc1-c1ncc(CBr)c(C)n1. The fourth-order valence-corrected chi connectivity index (χ4v) is 2.32. The highest BCUT2D eigenvalue weighted by Crippen LogP contribution is 2.30. The number of ether oxygens (including phenoxy) is 1. The maximum Gasteiger partial charge on any atom is 0.163 e. The first-order chi connectivity index (χ1) is 8.65. The molecule has 18 heavy (non-hydrogen) atoms. The number of nitrogens with zero attached hydrogens (tertiary/aromatic N) is 2. The van der Waals surface area contributed by atoms with Gasteiger partial charge in [-0.25, -0.2) is 9.97 Å². The Hall–Kier alpha value is -1.13. The van der Waals surface area contributed by atoms with Crippen molar-refractivity contribution in [3.8, 4) is 17.1 Å². The highest BCUT2D eigenvalue weighted by molar-refractivity contribution is 9.08. The van der Waals surface area contributed by atoms with Gasteiger partial charge >= 0.3 is 0 Å². The molecule has 2 aromatic rings. The van der Waals surface area contributed by atoms with Crippen molar-refractivity contribution in [3.63, 3.8) is 0 Å². The van der Waals surface area contributed by atoms with E-state index in [2.05, 4.69) is 25.9 Å². The Morgan fingerprint density at radius 1 is 1.39 bits per heavy atom. The van der Waals surface area contributed by atoms with Crippen LogP contribution in [-0.2, 0) is 5.33 Å². The molecule has 5 heteroatoms. The number of aromatic nitrogens is 2. The Kier molecular flexibility index (Phi) is 4.19. The standard InChI is InChI=1S/C13H12BrClN2O/c1-8-9(6-14)7-16-13(17-8)11-4-3-10(15)5-12(11)18-2/h3-5,7H,6H2,1-2H3. The Labute approximate surface area is 119 Å². The molecular formula is C13H12BrClN2O. The van der Waals surface area contributed by atoms with E-state index < -0.39 is 0 Å². The van der Waals surface area contributed by atoms with Crippen LogP contribution < -0.4 is 4.74 Å². The number of alkyl halides is 1. The largest absolute Gasteiger partial charge is 0.496 e. The molecule has 1 heterocycles. The third kappa shape index (κ3) is 2.65. The summed E-state index contributed by atoms with van der Waals surface area (Å²) in [5.74, 6) is 1.32. The molecule has 2 rings (SSSR count). The molecule has 0 atom stereocenters. The molecule has 3 nitrogen and oxygen atoms in total. The smallest absolute Gasteiger partial charge is 0.163 e. The number of rotatable bonds is 3. The molecule has 0 aliphatic heterocycles. The first-order valence-electron chi connectivity index (χ1n) is 5.38. The van der Waals surface area contributed by atoms with Crippen LogP contribution in [0, 0.1) is 6.92 Å². The van der Waals surface area contributed by atoms with Crippen LogP contribution in [-0.4, -0.2) is 17.1 Å². The number of hydrogen-bond acceptors (Lipinski definition) is 3. The number of benzene rings is 1. The summed E-state index contributed by atoms with van der Waals surface area (Å²) in [4.78, 5) is 8.84. The van der Waals surface area contributed by atoms with Gasteiger partial charge in [-0.05, 0) is 25.1 Å². The van der Waals surface area contributed by atoms with Gasteiger partial charge in [-0.15, -0.1) is 0 Å². The lowest BCUT2D eigenvalue weighted by molar-refractivity contribution is 0.416. The molecule has 0 bridgehead atoms. The van der Waals surface area contributed by atoms with Crippen LogP contribution in [0.4, 0.5) is 0 Å². The van der Waals surface area contributed by atoms with Gasteiger partial charge in [0.2, 0.25) is 0 Å². The molecule has 0 saturated heterocycles. The van der Waals surface area contributed by atoms with Gasteiger partial charge in [-0.1, -0.05) is 27.5 Å². The van der Waals surface area contributed by atoms with E-state index in [0.717, 1.165) is 22.2 Å². The summed E-state index contributed by atoms with van der Waals surface area (Å²) < 4.78 is 5.30. The lowest BCUT2D eigenvalue weighted by Crippen LogP contribution is -1.97. The van der Waals surface area contributed by atoms with Crippen molar-refractivity contribution < 1.29 is 4.74 Å². The van der Waals surface area contributed by atoms with Gasteiger partial charge in [0.05, 0.1) is 12.7 Å². The molecule has 0 aliphatic rings. The van der Waals surface area contributed by atoms with E-state index in [4.69, 9.17) is 16.3 Å². The van der Waals surface area contributed by atoms with Crippen LogP contribution >= 0.6 is 27.5 Å².